The van der Waals surface area contributed by atoms with Crippen LogP contribution in [0.5, 0.6) is 5.75 Å². The number of hydrogen-bond acceptors (Lipinski definition) is 7. The third-order valence-corrected chi connectivity index (χ3v) is 7.82. The molecule has 0 amide bonds. The zero-order chi connectivity index (χ0) is 26.6. The van der Waals surface area contributed by atoms with Gasteiger partial charge in [-0.2, -0.15) is 0 Å². The van der Waals surface area contributed by atoms with E-state index >= 15 is 0 Å². The first-order valence-corrected chi connectivity index (χ1v) is 13.4. The van der Waals surface area contributed by atoms with Gasteiger partial charge in [0.05, 0.1) is 35.7 Å². The van der Waals surface area contributed by atoms with Crippen molar-refractivity contribution in [1.82, 2.24) is 9.88 Å². The summed E-state index contributed by atoms with van der Waals surface area (Å²) in [5.74, 6) is 0.267. The fourth-order valence-electron chi connectivity index (χ4n) is 4.56. The number of ether oxygens (including phenoxy) is 1. The second kappa shape index (κ2) is 12.2. The van der Waals surface area contributed by atoms with Crippen LogP contribution in [-0.4, -0.2) is 64.1 Å². The van der Waals surface area contributed by atoms with Crippen molar-refractivity contribution >= 4 is 39.9 Å². The highest BCUT2D eigenvalue weighted by atomic mass is 127. The Morgan fingerprint density at radius 1 is 1.14 bits per heavy atom. The van der Waals surface area contributed by atoms with Gasteiger partial charge in [-0.1, -0.05) is 29.8 Å². The van der Waals surface area contributed by atoms with Crippen LogP contribution in [0.4, 0.5) is 10.1 Å². The number of nitrogens with zero attached hydrogens (tertiary/aromatic N) is 3. The lowest BCUT2D eigenvalue weighted by Crippen LogP contribution is -2.56. The molecule has 0 unspecified atom stereocenters. The fourth-order valence-corrected chi connectivity index (χ4v) is 5.60. The van der Waals surface area contributed by atoms with Gasteiger partial charge in [0.2, 0.25) is 0 Å². The van der Waals surface area contributed by atoms with Crippen LogP contribution in [0.25, 0.3) is 0 Å². The van der Waals surface area contributed by atoms with E-state index in [2.05, 4.69) is 21.7 Å². The molecule has 10 heteroatoms. The van der Waals surface area contributed by atoms with Gasteiger partial charge in [-0.3, -0.25) is 9.88 Å². The first kappa shape index (κ1) is 28.0. The molecule has 3 aromatic rings. The van der Waals surface area contributed by atoms with Crippen LogP contribution in [0, 0.1) is 5.82 Å². The summed E-state index contributed by atoms with van der Waals surface area (Å²) in [7, 11) is 0. The van der Waals surface area contributed by atoms with E-state index in [4.69, 9.17) is 21.4 Å². The highest BCUT2D eigenvalue weighted by molar-refractivity contribution is 14.1. The van der Waals surface area contributed by atoms with Gasteiger partial charge in [-0.15, -0.1) is 0 Å². The number of β-amino-alcohol motifs (C(OH)–C–C–N with tert-alkyl or cyclic N) is 1. The van der Waals surface area contributed by atoms with Gasteiger partial charge >= 0.3 is 0 Å². The number of pyridine rings is 1. The molecule has 3 N–H and O–H groups in total. The van der Waals surface area contributed by atoms with Crippen molar-refractivity contribution < 1.29 is 24.4 Å². The minimum Gasteiger partial charge on any atom is -0.491 e. The Labute approximate surface area is 234 Å². The molecule has 7 nitrogen and oxygen atoms in total. The number of aliphatic hydroxyl groups is 3. The first-order valence-electron chi connectivity index (χ1n) is 12.0. The molecule has 0 bridgehead atoms. The Morgan fingerprint density at radius 2 is 1.89 bits per heavy atom. The fraction of sp³-hybridized carbons (Fsp3) is 0.370. The highest BCUT2D eigenvalue weighted by Crippen LogP contribution is 2.40. The molecule has 1 aliphatic heterocycles. The molecule has 2 heterocycles. The zero-order valence-corrected chi connectivity index (χ0v) is 23.3. The van der Waals surface area contributed by atoms with Gasteiger partial charge in [0.15, 0.2) is 3.61 Å². The maximum absolute atomic E-state index is 13.8. The van der Waals surface area contributed by atoms with E-state index in [1.807, 2.05) is 34.7 Å². The Bertz CT molecular complexity index is 1180. The smallest absolute Gasteiger partial charge is 0.155 e. The molecule has 4 rings (SSSR count). The van der Waals surface area contributed by atoms with E-state index in [-0.39, 0.29) is 37.7 Å². The number of piperazine rings is 1. The van der Waals surface area contributed by atoms with Crippen molar-refractivity contribution in [2.24, 2.45) is 0 Å². The van der Waals surface area contributed by atoms with E-state index in [9.17, 15) is 14.6 Å². The number of aliphatic hydroxyl groups excluding tert-OH is 2. The molecule has 37 heavy (non-hydrogen) atoms. The quantitative estimate of drug-likeness (QED) is 0.238. The number of alkyl halides is 1. The largest absolute Gasteiger partial charge is 0.491 e. The predicted octanol–water partition coefficient (Wildman–Crippen LogP) is 4.27. The maximum atomic E-state index is 13.8. The van der Waals surface area contributed by atoms with E-state index in [0.29, 0.717) is 41.7 Å². The van der Waals surface area contributed by atoms with Crippen LogP contribution < -0.4 is 9.64 Å². The number of hydrogen-bond donors (Lipinski definition) is 3. The summed E-state index contributed by atoms with van der Waals surface area (Å²) in [6.07, 6.45) is 1.59. The standard InChI is InChI=1S/C27H30ClFIN3O4/c1-18-14-33(25-9-8-23(12-24(25)28)37-11-10-34)26(19-2-5-21(29)6-3-19)15-32(18)17-27(30,36)20-4-7-22(16-35)31-13-20/h2-9,12-13,18,26,34-36H,10-11,14-17H2,1H3/t18-,26+,27-/m1/s1. The van der Waals surface area contributed by atoms with Crippen molar-refractivity contribution in [2.45, 2.75) is 29.2 Å². The third kappa shape index (κ3) is 6.71. The van der Waals surface area contributed by atoms with Crippen molar-refractivity contribution in [3.05, 3.63) is 88.5 Å². The third-order valence-electron chi connectivity index (χ3n) is 6.55. The van der Waals surface area contributed by atoms with Gasteiger partial charge in [0, 0.05) is 43.5 Å². The molecular weight excluding hydrogens is 612 g/mol. The Kier molecular flexibility index (Phi) is 9.25. The molecule has 1 aromatic heterocycles. The molecular formula is C27H30ClFIN3O4. The summed E-state index contributed by atoms with van der Waals surface area (Å²) < 4.78 is 18.1. The molecule has 0 aliphatic carbocycles. The molecule has 1 saturated heterocycles. The van der Waals surface area contributed by atoms with Gasteiger partial charge in [-0.05, 0) is 65.4 Å². The average Bonchev–Trinajstić information content (AvgIpc) is 2.89. The molecule has 0 saturated carbocycles. The molecule has 198 valence electrons. The zero-order valence-electron chi connectivity index (χ0n) is 20.4. The molecule has 3 atom stereocenters. The summed E-state index contributed by atoms with van der Waals surface area (Å²) >= 11 is 8.73. The summed E-state index contributed by atoms with van der Waals surface area (Å²) in [6.45, 7) is 3.57. The second-order valence-corrected chi connectivity index (χ2v) is 11.3. The van der Waals surface area contributed by atoms with Gasteiger partial charge in [-0.25, -0.2) is 4.39 Å². The van der Waals surface area contributed by atoms with Crippen molar-refractivity contribution in [1.29, 1.82) is 0 Å². The van der Waals surface area contributed by atoms with Crippen LogP contribution in [0.1, 0.15) is 29.8 Å². The lowest BCUT2D eigenvalue weighted by molar-refractivity contribution is 0.0617. The van der Waals surface area contributed by atoms with E-state index < -0.39 is 3.61 Å². The number of benzene rings is 2. The van der Waals surface area contributed by atoms with Crippen molar-refractivity contribution in [2.75, 3.05) is 37.7 Å². The minimum absolute atomic E-state index is 0.0593. The maximum Gasteiger partial charge on any atom is 0.155 e. The highest BCUT2D eigenvalue weighted by Gasteiger charge is 2.38. The van der Waals surface area contributed by atoms with Crippen molar-refractivity contribution in [3.63, 3.8) is 0 Å². The summed E-state index contributed by atoms with van der Waals surface area (Å²) in [6, 6.07) is 15.3. The average molecular weight is 642 g/mol. The van der Waals surface area contributed by atoms with Crippen molar-refractivity contribution in [3.8, 4) is 5.75 Å². The number of rotatable bonds is 9. The van der Waals surface area contributed by atoms with Gasteiger partial charge in [0.25, 0.3) is 0 Å². The second-order valence-electron chi connectivity index (χ2n) is 9.14. The Hall–Kier alpha value is -2.02. The summed E-state index contributed by atoms with van der Waals surface area (Å²) in [5, 5.41) is 30.2. The van der Waals surface area contributed by atoms with Crippen LogP contribution in [0.2, 0.25) is 5.02 Å². The molecule has 2 aromatic carbocycles. The number of aromatic nitrogens is 1. The van der Waals surface area contributed by atoms with Crippen LogP contribution in [-0.2, 0) is 10.2 Å². The van der Waals surface area contributed by atoms with Gasteiger partial charge in [0.1, 0.15) is 18.2 Å². The van der Waals surface area contributed by atoms with Crippen LogP contribution in [0.3, 0.4) is 0 Å². The van der Waals surface area contributed by atoms with E-state index in [1.54, 1.807) is 36.5 Å². The normalized spacial score (nSPS) is 20.0. The lowest BCUT2D eigenvalue weighted by atomic mass is 9.97. The van der Waals surface area contributed by atoms with Crippen LogP contribution >= 0.6 is 34.2 Å². The summed E-state index contributed by atoms with van der Waals surface area (Å²) in [5.41, 5.74) is 2.95. The molecule has 0 radical (unpaired) electrons. The minimum atomic E-state index is -1.20. The number of halogens is 3. The molecule has 1 aliphatic rings. The SMILES string of the molecule is C[C@@H]1CN(c2ccc(OCCO)cc2Cl)[C@H](c2ccc(F)cc2)CN1C[C@](O)(I)c1ccc(CO)nc1. The predicted molar refractivity (Wildman–Crippen MR) is 150 cm³/mol. The topological polar surface area (TPSA) is 89.3 Å². The molecule has 1 fully saturated rings. The lowest BCUT2D eigenvalue weighted by Gasteiger charge is -2.48. The van der Waals surface area contributed by atoms with Crippen LogP contribution in [0.15, 0.2) is 60.8 Å². The Balaban J connectivity index is 1.62. The first-order chi connectivity index (χ1) is 17.7. The Morgan fingerprint density at radius 3 is 2.51 bits per heavy atom. The van der Waals surface area contributed by atoms with E-state index in [1.165, 1.54) is 12.1 Å². The molecule has 0 spiro atoms. The van der Waals surface area contributed by atoms with E-state index in [0.717, 1.165) is 11.3 Å². The monoisotopic (exact) mass is 641 g/mol. The summed E-state index contributed by atoms with van der Waals surface area (Å²) in [4.78, 5) is 8.63. The number of anilines is 1. The van der Waals surface area contributed by atoms with Gasteiger partial charge < -0.3 is 25.0 Å².